The largest absolute Gasteiger partial charge is 0.390 e. The highest BCUT2D eigenvalue weighted by atomic mass is 35.8. The number of halogens is 3. The zero-order valence-corrected chi connectivity index (χ0v) is 13.2. The van der Waals surface area contributed by atoms with Gasteiger partial charge in [0, 0.05) is 0 Å². The van der Waals surface area contributed by atoms with Gasteiger partial charge in [-0.05, 0) is 37.6 Å². The standard InChI is InChI=1S/C10H21Cl3OSi/c1-5-10(4,14)8-9(2,3)6-7-15(11,12)13/h14H,5-8H2,1-4H3. The summed E-state index contributed by atoms with van der Waals surface area (Å²) in [4.78, 5) is 0. The Kier molecular flexibility index (Phi) is 5.98. The molecule has 0 aromatic heterocycles. The van der Waals surface area contributed by atoms with Gasteiger partial charge in [-0.2, -0.15) is 0 Å². The summed E-state index contributed by atoms with van der Waals surface area (Å²) in [6, 6.07) is -1.86. The predicted octanol–water partition coefficient (Wildman–Crippen LogP) is 4.61. The molecule has 92 valence electrons. The zero-order chi connectivity index (χ0) is 12.3. The Morgan fingerprint density at radius 1 is 1.13 bits per heavy atom. The summed E-state index contributed by atoms with van der Waals surface area (Å²) in [5, 5.41) is 10.0. The van der Waals surface area contributed by atoms with Crippen LogP contribution in [0.25, 0.3) is 0 Å². The molecule has 0 bridgehead atoms. The molecular weight excluding hydrogens is 271 g/mol. The van der Waals surface area contributed by atoms with E-state index in [-0.39, 0.29) is 5.41 Å². The van der Waals surface area contributed by atoms with Crippen LogP contribution in [0.3, 0.4) is 0 Å². The van der Waals surface area contributed by atoms with Crippen molar-refractivity contribution in [3.05, 3.63) is 0 Å². The Labute approximate surface area is 108 Å². The van der Waals surface area contributed by atoms with Crippen LogP contribution >= 0.6 is 33.2 Å². The summed E-state index contributed by atoms with van der Waals surface area (Å²) in [6.07, 6.45) is 2.35. The number of hydrogen-bond donors (Lipinski definition) is 1. The molecule has 0 spiro atoms. The Bertz CT molecular complexity index is 199. The second kappa shape index (κ2) is 5.59. The minimum atomic E-state index is -2.52. The Morgan fingerprint density at radius 3 is 1.93 bits per heavy atom. The molecule has 0 aromatic carbocycles. The average Bonchev–Trinajstić information content (AvgIpc) is 1.98. The van der Waals surface area contributed by atoms with Gasteiger partial charge in [0.2, 0.25) is 0 Å². The molecule has 1 unspecified atom stereocenters. The van der Waals surface area contributed by atoms with Crippen LogP contribution in [0.2, 0.25) is 6.04 Å². The molecular formula is C10H21Cl3OSi. The molecule has 0 aliphatic heterocycles. The molecule has 0 heterocycles. The van der Waals surface area contributed by atoms with Crippen molar-refractivity contribution < 1.29 is 5.11 Å². The summed E-state index contributed by atoms with van der Waals surface area (Å²) in [5.74, 6) is 0. The third-order valence-corrected chi connectivity index (χ3v) is 5.22. The van der Waals surface area contributed by atoms with Gasteiger partial charge in [-0.25, -0.2) is 0 Å². The van der Waals surface area contributed by atoms with E-state index in [2.05, 4.69) is 13.8 Å². The van der Waals surface area contributed by atoms with Crippen molar-refractivity contribution in [2.45, 2.75) is 58.6 Å². The van der Waals surface area contributed by atoms with Crippen molar-refractivity contribution in [2.75, 3.05) is 0 Å². The Hall–Kier alpha value is 1.05. The lowest BCUT2D eigenvalue weighted by molar-refractivity contribution is 0.0102. The first-order valence-corrected chi connectivity index (χ1v) is 10.5. The van der Waals surface area contributed by atoms with Crippen LogP contribution in [0.15, 0.2) is 0 Å². The summed E-state index contributed by atoms with van der Waals surface area (Å²) >= 11 is 17.6. The molecule has 5 heteroatoms. The van der Waals surface area contributed by atoms with E-state index in [0.29, 0.717) is 6.04 Å². The molecule has 0 aliphatic rings. The molecule has 0 aliphatic carbocycles. The first-order chi connectivity index (χ1) is 6.47. The highest BCUT2D eigenvalue weighted by molar-refractivity contribution is 7.64. The lowest BCUT2D eigenvalue weighted by Crippen LogP contribution is -2.31. The minimum Gasteiger partial charge on any atom is -0.390 e. The maximum absolute atomic E-state index is 10.0. The summed E-state index contributed by atoms with van der Waals surface area (Å²) in [5.41, 5.74) is -0.588. The van der Waals surface area contributed by atoms with E-state index in [1.807, 2.05) is 13.8 Å². The Morgan fingerprint density at radius 2 is 1.60 bits per heavy atom. The van der Waals surface area contributed by atoms with E-state index >= 15 is 0 Å². The number of rotatable bonds is 6. The van der Waals surface area contributed by atoms with Crippen LogP contribution in [0.5, 0.6) is 0 Å². The SMILES string of the molecule is CCC(C)(O)CC(C)(C)CC[Si](Cl)(Cl)Cl. The Balaban J connectivity index is 4.19. The lowest BCUT2D eigenvalue weighted by Gasteiger charge is -2.33. The topological polar surface area (TPSA) is 20.2 Å². The third-order valence-electron chi connectivity index (χ3n) is 2.71. The van der Waals surface area contributed by atoms with E-state index < -0.39 is 11.6 Å². The van der Waals surface area contributed by atoms with Crippen LogP contribution in [-0.2, 0) is 0 Å². The fraction of sp³-hybridized carbons (Fsp3) is 1.00. The quantitative estimate of drug-likeness (QED) is 0.560. The molecule has 0 radical (unpaired) electrons. The molecule has 0 amide bonds. The van der Waals surface area contributed by atoms with E-state index in [4.69, 9.17) is 33.2 Å². The maximum Gasteiger partial charge on any atom is 0.341 e. The zero-order valence-electron chi connectivity index (χ0n) is 9.91. The number of aliphatic hydroxyl groups is 1. The molecule has 1 N–H and O–H groups in total. The van der Waals surface area contributed by atoms with E-state index in [9.17, 15) is 5.11 Å². The van der Waals surface area contributed by atoms with Crippen molar-refractivity contribution in [3.63, 3.8) is 0 Å². The highest BCUT2D eigenvalue weighted by Crippen LogP contribution is 2.38. The minimum absolute atomic E-state index is 0.0242. The van der Waals surface area contributed by atoms with Crippen LogP contribution in [0.4, 0.5) is 0 Å². The van der Waals surface area contributed by atoms with E-state index in [1.165, 1.54) is 0 Å². The molecule has 0 aromatic rings. The van der Waals surface area contributed by atoms with Crippen LogP contribution in [0, 0.1) is 5.41 Å². The van der Waals surface area contributed by atoms with Gasteiger partial charge in [0.05, 0.1) is 5.60 Å². The summed E-state index contributed by atoms with van der Waals surface area (Å²) < 4.78 is 0. The normalized spacial score (nSPS) is 17.6. The molecule has 0 rings (SSSR count). The van der Waals surface area contributed by atoms with Crippen molar-refractivity contribution in [1.82, 2.24) is 0 Å². The van der Waals surface area contributed by atoms with Gasteiger partial charge in [-0.3, -0.25) is 0 Å². The van der Waals surface area contributed by atoms with Gasteiger partial charge in [-0.15, -0.1) is 33.2 Å². The second-order valence-electron chi connectivity index (χ2n) is 5.31. The van der Waals surface area contributed by atoms with Crippen molar-refractivity contribution in [1.29, 1.82) is 0 Å². The van der Waals surface area contributed by atoms with Gasteiger partial charge in [-0.1, -0.05) is 20.8 Å². The van der Waals surface area contributed by atoms with Crippen LogP contribution in [0.1, 0.15) is 47.0 Å². The lowest BCUT2D eigenvalue weighted by atomic mass is 9.78. The van der Waals surface area contributed by atoms with Crippen molar-refractivity contribution >= 4 is 39.2 Å². The average molecular weight is 292 g/mol. The second-order valence-corrected chi connectivity index (χ2v) is 14.6. The first kappa shape index (κ1) is 16.0. The van der Waals surface area contributed by atoms with E-state index in [1.54, 1.807) is 0 Å². The number of hydrogen-bond acceptors (Lipinski definition) is 1. The summed E-state index contributed by atoms with van der Waals surface area (Å²) in [6.45, 7) is 8.07. The molecule has 1 atom stereocenters. The van der Waals surface area contributed by atoms with Gasteiger partial charge in [0.15, 0.2) is 0 Å². The fourth-order valence-corrected chi connectivity index (χ4v) is 3.54. The van der Waals surface area contributed by atoms with E-state index in [0.717, 1.165) is 19.3 Å². The van der Waals surface area contributed by atoms with Crippen LogP contribution in [-0.4, -0.2) is 16.7 Å². The highest BCUT2D eigenvalue weighted by Gasteiger charge is 2.33. The maximum atomic E-state index is 10.0. The molecule has 0 saturated heterocycles. The molecule has 15 heavy (non-hydrogen) atoms. The van der Waals surface area contributed by atoms with Gasteiger partial charge in [0.25, 0.3) is 0 Å². The van der Waals surface area contributed by atoms with Gasteiger partial charge < -0.3 is 5.11 Å². The molecule has 0 fully saturated rings. The third kappa shape index (κ3) is 8.81. The smallest absolute Gasteiger partial charge is 0.341 e. The first-order valence-electron chi connectivity index (χ1n) is 5.27. The van der Waals surface area contributed by atoms with Gasteiger partial charge >= 0.3 is 6.00 Å². The predicted molar refractivity (Wildman–Crippen MR) is 72.0 cm³/mol. The van der Waals surface area contributed by atoms with Gasteiger partial charge in [0.1, 0.15) is 0 Å². The fourth-order valence-electron chi connectivity index (χ4n) is 1.72. The molecule has 1 nitrogen and oxygen atoms in total. The van der Waals surface area contributed by atoms with Crippen LogP contribution < -0.4 is 0 Å². The molecule has 0 saturated carbocycles. The van der Waals surface area contributed by atoms with Crippen molar-refractivity contribution in [3.8, 4) is 0 Å². The monoisotopic (exact) mass is 290 g/mol. The summed E-state index contributed by atoms with van der Waals surface area (Å²) in [7, 11) is 0. The van der Waals surface area contributed by atoms with Crippen molar-refractivity contribution in [2.24, 2.45) is 5.41 Å².